The van der Waals surface area contributed by atoms with Crippen molar-refractivity contribution in [2.24, 2.45) is 11.7 Å². The highest BCUT2D eigenvalue weighted by atomic mass is 16.5. The second-order valence-electron chi connectivity index (χ2n) is 7.62. The summed E-state index contributed by atoms with van der Waals surface area (Å²) in [6, 6.07) is 22.9. The highest BCUT2D eigenvalue weighted by Gasteiger charge is 2.17. The first-order chi connectivity index (χ1) is 13.7. The molecule has 3 aromatic carbocycles. The van der Waals surface area contributed by atoms with Gasteiger partial charge in [0, 0.05) is 0 Å². The number of hydrogen-bond acceptors (Lipinski definition) is 3. The summed E-state index contributed by atoms with van der Waals surface area (Å²) in [7, 11) is 0. The predicted octanol–water partition coefficient (Wildman–Crippen LogP) is 4.49. The number of benzene rings is 3. The summed E-state index contributed by atoms with van der Waals surface area (Å²) in [6.45, 7) is 1.42. The van der Waals surface area contributed by atoms with Crippen LogP contribution in [0, 0.1) is 5.92 Å². The number of aryl methyl sites for hydroxylation is 1. The molecule has 3 N–H and O–H groups in total. The SMILES string of the molecule is NCC1CCc2cc(OCc3ccc(-c4ccc(CO)cc4)cc3)ccc2C1. The Labute approximate surface area is 166 Å². The van der Waals surface area contributed by atoms with Gasteiger partial charge in [0.1, 0.15) is 12.4 Å². The van der Waals surface area contributed by atoms with Crippen LogP contribution in [0.25, 0.3) is 11.1 Å². The highest BCUT2D eigenvalue weighted by molar-refractivity contribution is 5.63. The Morgan fingerprint density at radius 3 is 2.18 bits per heavy atom. The van der Waals surface area contributed by atoms with Gasteiger partial charge in [-0.15, -0.1) is 0 Å². The van der Waals surface area contributed by atoms with Crippen molar-refractivity contribution in [1.29, 1.82) is 0 Å². The maximum absolute atomic E-state index is 9.16. The van der Waals surface area contributed by atoms with Crippen LogP contribution in [-0.4, -0.2) is 11.7 Å². The molecule has 3 heteroatoms. The van der Waals surface area contributed by atoms with Gasteiger partial charge in [-0.2, -0.15) is 0 Å². The van der Waals surface area contributed by atoms with Gasteiger partial charge in [0.2, 0.25) is 0 Å². The van der Waals surface area contributed by atoms with E-state index in [0.717, 1.165) is 47.4 Å². The Kier molecular flexibility index (Phi) is 5.75. The average molecular weight is 373 g/mol. The Bertz CT molecular complexity index is 916. The smallest absolute Gasteiger partial charge is 0.120 e. The maximum Gasteiger partial charge on any atom is 0.120 e. The largest absolute Gasteiger partial charge is 0.489 e. The first-order valence-electron chi connectivity index (χ1n) is 9.99. The molecule has 144 valence electrons. The fraction of sp³-hybridized carbons (Fsp3) is 0.280. The molecule has 0 amide bonds. The van der Waals surface area contributed by atoms with Gasteiger partial charge in [-0.1, -0.05) is 54.6 Å². The third kappa shape index (κ3) is 4.27. The van der Waals surface area contributed by atoms with Crippen LogP contribution in [0.1, 0.15) is 28.7 Å². The molecule has 28 heavy (non-hydrogen) atoms. The quantitative estimate of drug-likeness (QED) is 0.669. The number of ether oxygens (including phenoxy) is 1. The van der Waals surface area contributed by atoms with E-state index < -0.39 is 0 Å². The van der Waals surface area contributed by atoms with Crippen molar-refractivity contribution in [3.63, 3.8) is 0 Å². The van der Waals surface area contributed by atoms with E-state index in [4.69, 9.17) is 15.6 Å². The van der Waals surface area contributed by atoms with E-state index >= 15 is 0 Å². The van der Waals surface area contributed by atoms with Crippen molar-refractivity contribution in [3.05, 3.63) is 89.0 Å². The Hall–Kier alpha value is -2.62. The molecule has 0 saturated heterocycles. The van der Waals surface area contributed by atoms with Gasteiger partial charge in [0.05, 0.1) is 6.61 Å². The molecule has 0 heterocycles. The number of fused-ring (bicyclic) bond motifs is 1. The second kappa shape index (κ2) is 8.59. The molecule has 3 nitrogen and oxygen atoms in total. The van der Waals surface area contributed by atoms with E-state index in [1.807, 2.05) is 24.3 Å². The van der Waals surface area contributed by atoms with E-state index in [1.165, 1.54) is 17.5 Å². The molecule has 3 aromatic rings. The lowest BCUT2D eigenvalue weighted by molar-refractivity contribution is 0.282. The summed E-state index contributed by atoms with van der Waals surface area (Å²) in [5.41, 5.74) is 13.0. The van der Waals surface area contributed by atoms with Crippen LogP contribution in [0.4, 0.5) is 0 Å². The van der Waals surface area contributed by atoms with Gasteiger partial charge in [0.15, 0.2) is 0 Å². The van der Waals surface area contributed by atoms with Crippen LogP contribution < -0.4 is 10.5 Å². The lowest BCUT2D eigenvalue weighted by Gasteiger charge is -2.23. The number of aliphatic hydroxyl groups is 1. The Balaban J connectivity index is 1.38. The van der Waals surface area contributed by atoms with Crippen LogP contribution in [0.3, 0.4) is 0 Å². The zero-order chi connectivity index (χ0) is 19.3. The van der Waals surface area contributed by atoms with Crippen LogP contribution in [-0.2, 0) is 26.1 Å². The summed E-state index contributed by atoms with van der Waals surface area (Å²) >= 11 is 0. The van der Waals surface area contributed by atoms with Gasteiger partial charge in [-0.05, 0) is 77.2 Å². The molecule has 1 aliphatic carbocycles. The van der Waals surface area contributed by atoms with Crippen molar-refractivity contribution in [2.45, 2.75) is 32.5 Å². The molecular formula is C25H27NO2. The Morgan fingerprint density at radius 2 is 1.54 bits per heavy atom. The molecule has 0 aliphatic heterocycles. The minimum Gasteiger partial charge on any atom is -0.489 e. The molecule has 0 bridgehead atoms. The normalized spacial score (nSPS) is 15.9. The minimum atomic E-state index is 0.0762. The van der Waals surface area contributed by atoms with Crippen molar-refractivity contribution in [3.8, 4) is 16.9 Å². The average Bonchev–Trinajstić information content (AvgIpc) is 2.77. The molecule has 0 saturated carbocycles. The highest BCUT2D eigenvalue weighted by Crippen LogP contribution is 2.28. The van der Waals surface area contributed by atoms with E-state index in [1.54, 1.807) is 0 Å². The van der Waals surface area contributed by atoms with Gasteiger partial charge < -0.3 is 15.6 Å². The number of nitrogens with two attached hydrogens (primary N) is 1. The lowest BCUT2D eigenvalue weighted by Crippen LogP contribution is -2.22. The summed E-state index contributed by atoms with van der Waals surface area (Å²) in [5, 5.41) is 9.16. The molecule has 0 aromatic heterocycles. The fourth-order valence-electron chi connectivity index (χ4n) is 3.86. The first kappa shape index (κ1) is 18.7. The third-order valence-corrected chi connectivity index (χ3v) is 5.67. The molecule has 1 unspecified atom stereocenters. The molecule has 1 aliphatic rings. The van der Waals surface area contributed by atoms with E-state index in [2.05, 4.69) is 42.5 Å². The van der Waals surface area contributed by atoms with Gasteiger partial charge in [-0.25, -0.2) is 0 Å². The van der Waals surface area contributed by atoms with Gasteiger partial charge >= 0.3 is 0 Å². The van der Waals surface area contributed by atoms with Crippen molar-refractivity contribution >= 4 is 0 Å². The Morgan fingerprint density at radius 1 is 0.857 bits per heavy atom. The fourth-order valence-corrected chi connectivity index (χ4v) is 3.86. The summed E-state index contributed by atoms with van der Waals surface area (Å²) in [6.07, 6.45) is 3.36. The number of rotatable bonds is 6. The van der Waals surface area contributed by atoms with Gasteiger partial charge in [-0.3, -0.25) is 0 Å². The molecule has 4 rings (SSSR count). The van der Waals surface area contributed by atoms with Crippen LogP contribution in [0.2, 0.25) is 0 Å². The topological polar surface area (TPSA) is 55.5 Å². The summed E-state index contributed by atoms with van der Waals surface area (Å²) in [4.78, 5) is 0. The molecule has 1 atom stereocenters. The molecule has 0 radical (unpaired) electrons. The summed E-state index contributed by atoms with van der Waals surface area (Å²) < 4.78 is 6.03. The van der Waals surface area contributed by atoms with Crippen LogP contribution >= 0.6 is 0 Å². The first-order valence-corrected chi connectivity index (χ1v) is 9.99. The van der Waals surface area contributed by atoms with E-state index in [-0.39, 0.29) is 6.61 Å². The predicted molar refractivity (Wildman–Crippen MR) is 113 cm³/mol. The lowest BCUT2D eigenvalue weighted by atomic mass is 9.84. The number of aliphatic hydroxyl groups excluding tert-OH is 1. The van der Waals surface area contributed by atoms with Crippen molar-refractivity contribution in [2.75, 3.05) is 6.54 Å². The molecular weight excluding hydrogens is 346 g/mol. The van der Waals surface area contributed by atoms with Crippen LogP contribution in [0.5, 0.6) is 5.75 Å². The molecule has 0 spiro atoms. The van der Waals surface area contributed by atoms with E-state index in [9.17, 15) is 0 Å². The third-order valence-electron chi connectivity index (χ3n) is 5.67. The monoisotopic (exact) mass is 373 g/mol. The molecule has 0 fully saturated rings. The van der Waals surface area contributed by atoms with Crippen LogP contribution in [0.15, 0.2) is 66.7 Å². The maximum atomic E-state index is 9.16. The van der Waals surface area contributed by atoms with E-state index in [0.29, 0.717) is 12.5 Å². The number of hydrogen-bond donors (Lipinski definition) is 2. The zero-order valence-electron chi connectivity index (χ0n) is 16.1. The standard InChI is InChI=1S/C25H27NO2/c26-15-20-5-10-24-14-25(12-11-23(24)13-20)28-17-19-3-8-22(9-4-19)21-6-1-18(16-27)2-7-21/h1-4,6-9,11-12,14,20,27H,5,10,13,15-17,26H2. The van der Waals surface area contributed by atoms with Crippen molar-refractivity contribution < 1.29 is 9.84 Å². The van der Waals surface area contributed by atoms with Gasteiger partial charge in [0.25, 0.3) is 0 Å². The zero-order valence-corrected chi connectivity index (χ0v) is 16.1. The minimum absolute atomic E-state index is 0.0762. The van der Waals surface area contributed by atoms with Crippen molar-refractivity contribution in [1.82, 2.24) is 0 Å². The second-order valence-corrected chi connectivity index (χ2v) is 7.62. The summed E-state index contributed by atoms with van der Waals surface area (Å²) in [5.74, 6) is 1.56.